The zero-order valence-corrected chi connectivity index (χ0v) is 14.5. The van der Waals surface area contributed by atoms with E-state index in [2.05, 4.69) is 83.0 Å². The molecule has 3 aromatic rings. The second-order valence-corrected chi connectivity index (χ2v) is 6.28. The Kier molecular flexibility index (Phi) is 5.44. The normalized spacial score (nSPS) is 11.1. The van der Waals surface area contributed by atoms with Gasteiger partial charge in [-0.1, -0.05) is 48.5 Å². The summed E-state index contributed by atoms with van der Waals surface area (Å²) >= 11 is 0. The van der Waals surface area contributed by atoms with Gasteiger partial charge in [0.1, 0.15) is 5.82 Å². The van der Waals surface area contributed by atoms with E-state index in [4.69, 9.17) is 0 Å². The second-order valence-electron chi connectivity index (χ2n) is 6.28. The molecular formula is C21H25N3. The van der Waals surface area contributed by atoms with Crippen molar-refractivity contribution < 1.29 is 0 Å². The van der Waals surface area contributed by atoms with Crippen LogP contribution in [0.25, 0.3) is 5.69 Å². The van der Waals surface area contributed by atoms with Crippen molar-refractivity contribution in [3.63, 3.8) is 0 Å². The highest BCUT2D eigenvalue weighted by Gasteiger charge is 2.10. The lowest BCUT2D eigenvalue weighted by Crippen LogP contribution is -2.24. The molecule has 1 heterocycles. The monoisotopic (exact) mass is 319 g/mol. The first-order valence-corrected chi connectivity index (χ1v) is 8.55. The lowest BCUT2D eigenvalue weighted by atomic mass is 10.1. The Balaban J connectivity index is 1.59. The van der Waals surface area contributed by atoms with E-state index in [0.29, 0.717) is 0 Å². The van der Waals surface area contributed by atoms with Crippen LogP contribution in [0.1, 0.15) is 17.1 Å². The van der Waals surface area contributed by atoms with Crippen molar-refractivity contribution in [2.75, 3.05) is 20.1 Å². The van der Waals surface area contributed by atoms with Crippen LogP contribution in [-0.2, 0) is 12.8 Å². The minimum atomic E-state index is 0.952. The fourth-order valence-corrected chi connectivity index (χ4v) is 2.96. The maximum atomic E-state index is 4.62. The lowest BCUT2D eigenvalue weighted by molar-refractivity contribution is 0.339. The average molecular weight is 319 g/mol. The van der Waals surface area contributed by atoms with Crippen molar-refractivity contribution in [1.29, 1.82) is 0 Å². The number of aryl methyl sites for hydroxylation is 1. The smallest absolute Gasteiger partial charge is 0.114 e. The number of rotatable bonds is 7. The Hall–Kier alpha value is -2.39. The molecule has 0 unspecified atom stereocenters. The highest BCUT2D eigenvalue weighted by molar-refractivity contribution is 5.35. The molecule has 3 heteroatoms. The van der Waals surface area contributed by atoms with Gasteiger partial charge in [0.05, 0.1) is 0 Å². The van der Waals surface area contributed by atoms with Gasteiger partial charge in [-0.2, -0.15) is 0 Å². The predicted molar refractivity (Wildman–Crippen MR) is 99.6 cm³/mol. The molecule has 24 heavy (non-hydrogen) atoms. The summed E-state index contributed by atoms with van der Waals surface area (Å²) in [6.07, 6.45) is 4.00. The first-order chi connectivity index (χ1) is 11.7. The van der Waals surface area contributed by atoms with Gasteiger partial charge in [-0.25, -0.2) is 4.98 Å². The number of aromatic nitrogens is 2. The van der Waals surface area contributed by atoms with Crippen LogP contribution in [0.4, 0.5) is 0 Å². The summed E-state index contributed by atoms with van der Waals surface area (Å²) in [5.74, 6) is 1.13. The molecule has 0 radical (unpaired) electrons. The van der Waals surface area contributed by atoms with Crippen LogP contribution >= 0.6 is 0 Å². The van der Waals surface area contributed by atoms with Crippen LogP contribution in [0.15, 0.2) is 66.9 Å². The van der Waals surface area contributed by atoms with Crippen LogP contribution in [0.5, 0.6) is 0 Å². The molecular weight excluding hydrogens is 294 g/mol. The van der Waals surface area contributed by atoms with Crippen LogP contribution in [0.3, 0.4) is 0 Å². The summed E-state index contributed by atoms with van der Waals surface area (Å²) in [5.41, 5.74) is 3.77. The number of likely N-dealkylation sites (N-methyl/N-ethyl adjacent to an activating group) is 1. The van der Waals surface area contributed by atoms with Gasteiger partial charge >= 0.3 is 0 Å². The molecule has 3 rings (SSSR count). The van der Waals surface area contributed by atoms with Gasteiger partial charge in [0.2, 0.25) is 0 Å². The maximum absolute atomic E-state index is 4.62. The molecule has 0 saturated heterocycles. The number of benzene rings is 2. The molecule has 0 saturated carbocycles. The van der Waals surface area contributed by atoms with E-state index < -0.39 is 0 Å². The van der Waals surface area contributed by atoms with E-state index >= 15 is 0 Å². The van der Waals surface area contributed by atoms with Gasteiger partial charge in [0, 0.05) is 37.1 Å². The Bertz CT molecular complexity index is 747. The van der Waals surface area contributed by atoms with Gasteiger partial charge in [0.15, 0.2) is 0 Å². The van der Waals surface area contributed by atoms with Gasteiger partial charge in [-0.3, -0.25) is 0 Å². The van der Waals surface area contributed by atoms with E-state index in [1.807, 2.05) is 12.3 Å². The number of para-hydroxylation sites is 1. The van der Waals surface area contributed by atoms with Crippen molar-refractivity contribution >= 4 is 0 Å². The zero-order valence-electron chi connectivity index (χ0n) is 14.5. The third-order valence-electron chi connectivity index (χ3n) is 4.37. The van der Waals surface area contributed by atoms with E-state index in [1.54, 1.807) is 0 Å². The summed E-state index contributed by atoms with van der Waals surface area (Å²) in [6.45, 7) is 4.19. The molecule has 0 aliphatic rings. The molecule has 0 atom stereocenters. The number of hydrogen-bond acceptors (Lipinski definition) is 2. The van der Waals surface area contributed by atoms with E-state index in [9.17, 15) is 0 Å². The molecule has 0 amide bonds. The molecule has 1 aromatic heterocycles. The van der Waals surface area contributed by atoms with Crippen LogP contribution in [0, 0.1) is 6.92 Å². The number of imidazole rings is 1. The van der Waals surface area contributed by atoms with Crippen molar-refractivity contribution in [2.45, 2.75) is 19.8 Å². The van der Waals surface area contributed by atoms with Gasteiger partial charge in [-0.05, 0) is 38.1 Å². The summed E-state index contributed by atoms with van der Waals surface area (Å²) in [4.78, 5) is 7.00. The first kappa shape index (κ1) is 16.5. The average Bonchev–Trinajstić information content (AvgIpc) is 3.00. The van der Waals surface area contributed by atoms with E-state index in [-0.39, 0.29) is 0 Å². The number of nitrogens with zero attached hydrogens (tertiary/aromatic N) is 3. The third-order valence-corrected chi connectivity index (χ3v) is 4.37. The van der Waals surface area contributed by atoms with Crippen LogP contribution < -0.4 is 0 Å². The molecule has 0 aliphatic heterocycles. The molecule has 0 aliphatic carbocycles. The van der Waals surface area contributed by atoms with Crippen LogP contribution in [0.2, 0.25) is 0 Å². The van der Waals surface area contributed by atoms with Crippen LogP contribution in [-0.4, -0.2) is 34.6 Å². The summed E-state index contributed by atoms with van der Waals surface area (Å²) in [5, 5.41) is 0. The Morgan fingerprint density at radius 2 is 1.50 bits per heavy atom. The molecule has 124 valence electrons. The van der Waals surface area contributed by atoms with Gasteiger partial charge in [-0.15, -0.1) is 0 Å². The standard InChI is InChI=1S/C21H25N3/c1-18-17-22-21(24(18)20-11-7-4-8-12-20)14-16-23(2)15-13-19-9-5-3-6-10-19/h3-12,17H,13-16H2,1-2H3. The first-order valence-electron chi connectivity index (χ1n) is 8.55. The van der Waals surface area contributed by atoms with E-state index in [0.717, 1.165) is 31.8 Å². The zero-order chi connectivity index (χ0) is 16.8. The summed E-state index contributed by atoms with van der Waals surface area (Å²) in [7, 11) is 2.19. The van der Waals surface area contributed by atoms with Gasteiger partial charge < -0.3 is 9.47 Å². The Morgan fingerprint density at radius 3 is 2.21 bits per heavy atom. The molecule has 0 N–H and O–H groups in total. The fourth-order valence-electron chi connectivity index (χ4n) is 2.96. The van der Waals surface area contributed by atoms with Crippen molar-refractivity contribution in [3.05, 3.63) is 83.9 Å². The molecule has 0 fully saturated rings. The molecule has 3 nitrogen and oxygen atoms in total. The summed E-state index contributed by atoms with van der Waals surface area (Å²) in [6, 6.07) is 21.1. The Morgan fingerprint density at radius 1 is 0.875 bits per heavy atom. The van der Waals surface area contributed by atoms with E-state index in [1.165, 1.54) is 16.9 Å². The highest BCUT2D eigenvalue weighted by Crippen LogP contribution is 2.15. The SMILES string of the molecule is Cc1cnc(CCN(C)CCc2ccccc2)n1-c1ccccc1. The summed E-state index contributed by atoms with van der Waals surface area (Å²) < 4.78 is 2.25. The fraction of sp³-hybridized carbons (Fsp3) is 0.286. The molecule has 2 aromatic carbocycles. The van der Waals surface area contributed by atoms with Crippen molar-refractivity contribution in [1.82, 2.24) is 14.5 Å². The molecule has 0 spiro atoms. The largest absolute Gasteiger partial charge is 0.306 e. The maximum Gasteiger partial charge on any atom is 0.114 e. The van der Waals surface area contributed by atoms with Gasteiger partial charge in [0.25, 0.3) is 0 Å². The van der Waals surface area contributed by atoms with Crippen molar-refractivity contribution in [3.8, 4) is 5.69 Å². The highest BCUT2D eigenvalue weighted by atomic mass is 15.1. The lowest BCUT2D eigenvalue weighted by Gasteiger charge is -2.17. The predicted octanol–water partition coefficient (Wildman–Crippen LogP) is 3.90. The quantitative estimate of drug-likeness (QED) is 0.658. The Labute approximate surface area is 144 Å². The molecule has 0 bridgehead atoms. The van der Waals surface area contributed by atoms with Crippen molar-refractivity contribution in [2.24, 2.45) is 0 Å². The third kappa shape index (κ3) is 4.12. The number of hydrogen-bond donors (Lipinski definition) is 0. The minimum Gasteiger partial charge on any atom is -0.306 e. The minimum absolute atomic E-state index is 0.952. The second kappa shape index (κ2) is 7.93. The topological polar surface area (TPSA) is 21.1 Å².